The molecule has 0 spiro atoms. The monoisotopic (exact) mass is 266 g/mol. The van der Waals surface area contributed by atoms with Gasteiger partial charge in [-0.3, -0.25) is 0 Å². The Balaban J connectivity index is 2.29. The number of benzene rings is 1. The van der Waals surface area contributed by atoms with Gasteiger partial charge >= 0.3 is 0 Å². The number of nitrogens with two attached hydrogens (primary N) is 1. The summed E-state index contributed by atoms with van der Waals surface area (Å²) in [5, 5.41) is 3.29. The van der Waals surface area contributed by atoms with Gasteiger partial charge in [0, 0.05) is 24.4 Å². The molecule has 1 aromatic rings. The molecule has 0 bridgehead atoms. The lowest BCUT2D eigenvalue weighted by atomic mass is 10.1. The maximum Gasteiger partial charge on any atom is 0.106 e. The number of thiocarbonyl (C=S) groups is 1. The summed E-state index contributed by atoms with van der Waals surface area (Å²) < 4.78 is 5.54. The number of para-hydroxylation sites is 1. The van der Waals surface area contributed by atoms with E-state index in [0.717, 1.165) is 30.8 Å². The Morgan fingerprint density at radius 3 is 2.72 bits per heavy atom. The van der Waals surface area contributed by atoms with Crippen LogP contribution in [-0.4, -0.2) is 24.7 Å². The smallest absolute Gasteiger partial charge is 0.106 e. The number of rotatable bonds is 8. The van der Waals surface area contributed by atoms with Crippen molar-refractivity contribution in [1.29, 1.82) is 0 Å². The first-order chi connectivity index (χ1) is 8.61. The van der Waals surface area contributed by atoms with Gasteiger partial charge in [-0.15, -0.1) is 0 Å². The molecular weight excluding hydrogens is 244 g/mol. The standard InChI is InChI=1S/C14H22N2OS/c1-11(2)7-9-17-10-8-16-13-6-4-3-5-12(13)14(15)18/h3-6,11,16H,7-10H2,1-2H3,(H2,15,18). The minimum Gasteiger partial charge on any atom is -0.389 e. The molecule has 0 aliphatic carbocycles. The second-order valence-corrected chi connectivity index (χ2v) is 5.07. The van der Waals surface area contributed by atoms with Crippen molar-refractivity contribution in [3.63, 3.8) is 0 Å². The molecule has 4 heteroatoms. The van der Waals surface area contributed by atoms with Crippen molar-refractivity contribution in [2.24, 2.45) is 11.7 Å². The fourth-order valence-corrected chi connectivity index (χ4v) is 1.71. The van der Waals surface area contributed by atoms with Crippen LogP contribution in [0.25, 0.3) is 0 Å². The van der Waals surface area contributed by atoms with Crippen LogP contribution >= 0.6 is 12.2 Å². The van der Waals surface area contributed by atoms with Crippen LogP contribution in [0.2, 0.25) is 0 Å². The highest BCUT2D eigenvalue weighted by molar-refractivity contribution is 7.80. The fourth-order valence-electron chi connectivity index (χ4n) is 1.53. The largest absolute Gasteiger partial charge is 0.389 e. The van der Waals surface area contributed by atoms with E-state index in [2.05, 4.69) is 19.2 Å². The van der Waals surface area contributed by atoms with Gasteiger partial charge < -0.3 is 15.8 Å². The van der Waals surface area contributed by atoms with Crippen molar-refractivity contribution in [1.82, 2.24) is 0 Å². The van der Waals surface area contributed by atoms with E-state index < -0.39 is 0 Å². The van der Waals surface area contributed by atoms with E-state index in [1.54, 1.807) is 0 Å². The maximum atomic E-state index is 5.66. The molecule has 1 aromatic carbocycles. The average Bonchev–Trinajstić information content (AvgIpc) is 2.33. The number of anilines is 1. The summed E-state index contributed by atoms with van der Waals surface area (Å²) >= 11 is 5.01. The maximum absolute atomic E-state index is 5.66. The summed E-state index contributed by atoms with van der Waals surface area (Å²) in [4.78, 5) is 0.416. The number of hydrogen-bond acceptors (Lipinski definition) is 3. The Kier molecular flexibility index (Phi) is 6.68. The number of nitrogens with one attached hydrogen (secondary N) is 1. The lowest BCUT2D eigenvalue weighted by Gasteiger charge is -2.11. The second kappa shape index (κ2) is 8.06. The van der Waals surface area contributed by atoms with Gasteiger partial charge in [0.15, 0.2) is 0 Å². The molecule has 0 radical (unpaired) electrons. The normalized spacial score (nSPS) is 10.6. The third-order valence-electron chi connectivity index (χ3n) is 2.59. The van der Waals surface area contributed by atoms with Crippen molar-refractivity contribution in [3.8, 4) is 0 Å². The van der Waals surface area contributed by atoms with E-state index in [4.69, 9.17) is 22.7 Å². The van der Waals surface area contributed by atoms with Gasteiger partial charge in [0.1, 0.15) is 4.99 Å². The lowest BCUT2D eigenvalue weighted by Crippen LogP contribution is -2.16. The highest BCUT2D eigenvalue weighted by Crippen LogP contribution is 2.14. The predicted octanol–water partition coefficient (Wildman–Crippen LogP) is 2.80. The first kappa shape index (κ1) is 14.9. The Morgan fingerprint density at radius 1 is 1.33 bits per heavy atom. The predicted molar refractivity (Wildman–Crippen MR) is 81.1 cm³/mol. The van der Waals surface area contributed by atoms with Crippen LogP contribution in [0, 0.1) is 5.92 Å². The highest BCUT2D eigenvalue weighted by Gasteiger charge is 2.02. The molecule has 0 amide bonds. The summed E-state index contributed by atoms with van der Waals surface area (Å²) in [6.07, 6.45) is 1.10. The zero-order valence-corrected chi connectivity index (χ0v) is 11.9. The average molecular weight is 266 g/mol. The minimum atomic E-state index is 0.416. The van der Waals surface area contributed by atoms with Gasteiger partial charge in [-0.05, 0) is 24.5 Å². The van der Waals surface area contributed by atoms with E-state index in [9.17, 15) is 0 Å². The van der Waals surface area contributed by atoms with Crippen LogP contribution < -0.4 is 11.1 Å². The Morgan fingerprint density at radius 2 is 2.06 bits per heavy atom. The molecule has 0 atom stereocenters. The third-order valence-corrected chi connectivity index (χ3v) is 2.81. The van der Waals surface area contributed by atoms with Crippen molar-refractivity contribution >= 4 is 22.9 Å². The van der Waals surface area contributed by atoms with Gasteiger partial charge in [0.2, 0.25) is 0 Å². The highest BCUT2D eigenvalue weighted by atomic mass is 32.1. The summed E-state index contributed by atoms with van der Waals surface area (Å²) in [5.74, 6) is 0.688. The van der Waals surface area contributed by atoms with Crippen LogP contribution in [0.1, 0.15) is 25.8 Å². The van der Waals surface area contributed by atoms with Gasteiger partial charge in [0.25, 0.3) is 0 Å². The molecule has 0 aliphatic rings. The van der Waals surface area contributed by atoms with Crippen LogP contribution in [0.4, 0.5) is 5.69 Å². The molecular formula is C14H22N2OS. The SMILES string of the molecule is CC(C)CCOCCNc1ccccc1C(N)=S. The Labute approximate surface area is 115 Å². The van der Waals surface area contributed by atoms with Crippen LogP contribution in [0.5, 0.6) is 0 Å². The molecule has 0 heterocycles. The van der Waals surface area contributed by atoms with E-state index in [1.165, 1.54) is 0 Å². The van der Waals surface area contributed by atoms with Crippen molar-refractivity contribution < 1.29 is 4.74 Å². The third kappa shape index (κ3) is 5.47. The van der Waals surface area contributed by atoms with Crippen molar-refractivity contribution in [3.05, 3.63) is 29.8 Å². The first-order valence-corrected chi connectivity index (χ1v) is 6.72. The van der Waals surface area contributed by atoms with E-state index in [0.29, 0.717) is 17.5 Å². The molecule has 1 rings (SSSR count). The summed E-state index contributed by atoms with van der Waals surface area (Å²) in [5.41, 5.74) is 7.51. The quantitative estimate of drug-likeness (QED) is 0.561. The Hall–Kier alpha value is -1.13. The molecule has 3 N–H and O–H groups in total. The first-order valence-electron chi connectivity index (χ1n) is 6.31. The zero-order valence-electron chi connectivity index (χ0n) is 11.1. The summed E-state index contributed by atoms with van der Waals surface area (Å²) in [7, 11) is 0. The van der Waals surface area contributed by atoms with Crippen LogP contribution in [0.3, 0.4) is 0 Å². The van der Waals surface area contributed by atoms with Crippen LogP contribution in [-0.2, 0) is 4.74 Å². The molecule has 0 unspecified atom stereocenters. The molecule has 0 saturated heterocycles. The van der Waals surface area contributed by atoms with E-state index >= 15 is 0 Å². The van der Waals surface area contributed by atoms with Crippen LogP contribution in [0.15, 0.2) is 24.3 Å². The van der Waals surface area contributed by atoms with E-state index in [1.807, 2.05) is 24.3 Å². The van der Waals surface area contributed by atoms with Crippen molar-refractivity contribution in [2.75, 3.05) is 25.1 Å². The van der Waals surface area contributed by atoms with E-state index in [-0.39, 0.29) is 0 Å². The molecule has 100 valence electrons. The topological polar surface area (TPSA) is 47.3 Å². The number of ether oxygens (including phenoxy) is 1. The lowest BCUT2D eigenvalue weighted by molar-refractivity contribution is 0.132. The fraction of sp³-hybridized carbons (Fsp3) is 0.500. The summed E-state index contributed by atoms with van der Waals surface area (Å²) in [6.45, 7) is 6.66. The van der Waals surface area contributed by atoms with Gasteiger partial charge in [0.05, 0.1) is 6.61 Å². The molecule has 3 nitrogen and oxygen atoms in total. The minimum absolute atomic E-state index is 0.416. The summed E-state index contributed by atoms with van der Waals surface area (Å²) in [6, 6.07) is 7.79. The second-order valence-electron chi connectivity index (χ2n) is 4.63. The number of hydrogen-bond donors (Lipinski definition) is 2. The van der Waals surface area contributed by atoms with Gasteiger partial charge in [-0.25, -0.2) is 0 Å². The molecule has 0 aliphatic heterocycles. The van der Waals surface area contributed by atoms with Gasteiger partial charge in [-0.2, -0.15) is 0 Å². The molecule has 0 fully saturated rings. The molecule has 0 saturated carbocycles. The van der Waals surface area contributed by atoms with Crippen molar-refractivity contribution in [2.45, 2.75) is 20.3 Å². The Bertz CT molecular complexity index is 380. The van der Waals surface area contributed by atoms with Gasteiger partial charge in [-0.1, -0.05) is 38.2 Å². The molecule has 0 aromatic heterocycles. The molecule has 18 heavy (non-hydrogen) atoms. The zero-order chi connectivity index (χ0) is 13.4.